The molecule has 15 heavy (non-hydrogen) atoms. The third-order valence-electron chi connectivity index (χ3n) is 2.94. The van der Waals surface area contributed by atoms with Gasteiger partial charge in [0, 0.05) is 17.8 Å². The highest BCUT2D eigenvalue weighted by Crippen LogP contribution is 2.27. The zero-order chi connectivity index (χ0) is 11.1. The molecular formula is C12H25NOS. The van der Waals surface area contributed by atoms with Crippen LogP contribution in [-0.4, -0.2) is 35.3 Å². The van der Waals surface area contributed by atoms with Crippen LogP contribution in [0.25, 0.3) is 0 Å². The lowest BCUT2D eigenvalue weighted by Crippen LogP contribution is -2.39. The maximum Gasteiger partial charge on any atom is 0.0592 e. The molecule has 0 aromatic carbocycles. The minimum Gasteiger partial charge on any atom is -0.395 e. The smallest absolute Gasteiger partial charge is 0.0592 e. The Labute approximate surface area is 98.2 Å². The van der Waals surface area contributed by atoms with E-state index in [9.17, 15) is 5.11 Å². The van der Waals surface area contributed by atoms with Crippen LogP contribution >= 0.6 is 11.8 Å². The molecule has 1 rings (SSSR count). The molecule has 2 nitrogen and oxygen atoms in total. The highest BCUT2D eigenvalue weighted by Gasteiger charge is 2.16. The maximum absolute atomic E-state index is 9.19. The molecule has 1 aliphatic carbocycles. The van der Waals surface area contributed by atoms with Gasteiger partial charge in [0.25, 0.3) is 0 Å². The second-order valence-electron chi connectivity index (χ2n) is 4.89. The molecule has 0 amide bonds. The molecule has 0 spiro atoms. The second kappa shape index (κ2) is 7.53. The van der Waals surface area contributed by atoms with Crippen molar-refractivity contribution in [2.45, 2.75) is 51.6 Å². The van der Waals surface area contributed by atoms with Gasteiger partial charge in [0.1, 0.15) is 0 Å². The first-order chi connectivity index (χ1) is 7.22. The van der Waals surface area contributed by atoms with Gasteiger partial charge in [0.05, 0.1) is 6.61 Å². The zero-order valence-electron chi connectivity index (χ0n) is 10.0. The molecule has 0 heterocycles. The first-order valence-electron chi connectivity index (χ1n) is 6.17. The SMILES string of the molecule is CC(C)NC(CO)CSCC1CCCC1. The quantitative estimate of drug-likeness (QED) is 0.705. The number of hydrogen-bond acceptors (Lipinski definition) is 3. The van der Waals surface area contributed by atoms with Crippen molar-refractivity contribution in [1.29, 1.82) is 0 Å². The highest BCUT2D eigenvalue weighted by atomic mass is 32.2. The molecule has 1 atom stereocenters. The fraction of sp³-hybridized carbons (Fsp3) is 1.00. The van der Waals surface area contributed by atoms with Crippen molar-refractivity contribution in [3.63, 3.8) is 0 Å². The molecule has 1 saturated carbocycles. The third-order valence-corrected chi connectivity index (χ3v) is 4.28. The van der Waals surface area contributed by atoms with E-state index in [1.165, 1.54) is 31.4 Å². The Morgan fingerprint density at radius 2 is 2.00 bits per heavy atom. The van der Waals surface area contributed by atoms with Crippen molar-refractivity contribution in [3.8, 4) is 0 Å². The van der Waals surface area contributed by atoms with E-state index in [-0.39, 0.29) is 12.6 Å². The van der Waals surface area contributed by atoms with Gasteiger partial charge in [-0.25, -0.2) is 0 Å². The van der Waals surface area contributed by atoms with Crippen LogP contribution in [0.4, 0.5) is 0 Å². The number of aliphatic hydroxyl groups is 1. The Balaban J connectivity index is 2.05. The molecule has 0 aliphatic heterocycles. The van der Waals surface area contributed by atoms with E-state index in [2.05, 4.69) is 19.2 Å². The normalized spacial score (nSPS) is 20.0. The molecule has 0 radical (unpaired) electrons. The molecule has 0 aromatic rings. The maximum atomic E-state index is 9.19. The standard InChI is InChI=1S/C12H25NOS/c1-10(2)13-12(7-14)9-15-8-11-5-3-4-6-11/h10-14H,3-9H2,1-2H3. The van der Waals surface area contributed by atoms with Gasteiger partial charge in [0.15, 0.2) is 0 Å². The van der Waals surface area contributed by atoms with Crippen LogP contribution in [0.15, 0.2) is 0 Å². The molecule has 1 unspecified atom stereocenters. The largest absolute Gasteiger partial charge is 0.395 e. The van der Waals surface area contributed by atoms with Crippen LogP contribution in [0, 0.1) is 5.92 Å². The number of rotatable bonds is 7. The summed E-state index contributed by atoms with van der Waals surface area (Å²) in [6.45, 7) is 4.52. The van der Waals surface area contributed by atoms with E-state index in [0.29, 0.717) is 6.04 Å². The molecule has 3 heteroatoms. The lowest BCUT2D eigenvalue weighted by Gasteiger charge is -2.19. The van der Waals surface area contributed by atoms with Crippen LogP contribution in [0.2, 0.25) is 0 Å². The molecule has 90 valence electrons. The summed E-state index contributed by atoms with van der Waals surface area (Å²) in [6.07, 6.45) is 5.71. The van der Waals surface area contributed by atoms with E-state index >= 15 is 0 Å². The molecule has 0 aromatic heterocycles. The summed E-state index contributed by atoms with van der Waals surface area (Å²) in [7, 11) is 0. The van der Waals surface area contributed by atoms with E-state index in [0.717, 1.165) is 11.7 Å². The molecule has 0 saturated heterocycles. The zero-order valence-corrected chi connectivity index (χ0v) is 10.9. The fourth-order valence-corrected chi connectivity index (χ4v) is 3.47. The Morgan fingerprint density at radius 3 is 2.53 bits per heavy atom. The van der Waals surface area contributed by atoms with Gasteiger partial charge in [-0.2, -0.15) is 11.8 Å². The van der Waals surface area contributed by atoms with Gasteiger partial charge in [0.2, 0.25) is 0 Å². The second-order valence-corrected chi connectivity index (χ2v) is 5.96. The summed E-state index contributed by atoms with van der Waals surface area (Å²) in [6, 6.07) is 0.741. The van der Waals surface area contributed by atoms with E-state index < -0.39 is 0 Å². The number of nitrogens with one attached hydrogen (secondary N) is 1. The molecule has 0 bridgehead atoms. The summed E-state index contributed by atoms with van der Waals surface area (Å²) < 4.78 is 0. The molecule has 2 N–H and O–H groups in total. The van der Waals surface area contributed by atoms with E-state index in [1.807, 2.05) is 11.8 Å². The minimum absolute atomic E-state index is 0.260. The predicted octanol–water partition coefficient (Wildman–Crippen LogP) is 2.27. The fourth-order valence-electron chi connectivity index (χ4n) is 2.18. The van der Waals surface area contributed by atoms with Crippen molar-refractivity contribution >= 4 is 11.8 Å². The molecular weight excluding hydrogens is 206 g/mol. The Bertz CT molecular complexity index is 158. The average molecular weight is 231 g/mol. The van der Waals surface area contributed by atoms with Crippen molar-refractivity contribution in [1.82, 2.24) is 5.32 Å². The van der Waals surface area contributed by atoms with Gasteiger partial charge >= 0.3 is 0 Å². The lowest BCUT2D eigenvalue weighted by molar-refractivity contribution is 0.247. The van der Waals surface area contributed by atoms with Crippen LogP contribution < -0.4 is 5.32 Å². The van der Waals surface area contributed by atoms with Gasteiger partial charge in [-0.15, -0.1) is 0 Å². The number of aliphatic hydroxyl groups excluding tert-OH is 1. The van der Waals surface area contributed by atoms with E-state index in [1.54, 1.807) is 0 Å². The van der Waals surface area contributed by atoms with Crippen molar-refractivity contribution in [3.05, 3.63) is 0 Å². The van der Waals surface area contributed by atoms with E-state index in [4.69, 9.17) is 0 Å². The van der Waals surface area contributed by atoms with Crippen LogP contribution in [0.3, 0.4) is 0 Å². The van der Waals surface area contributed by atoms with Crippen LogP contribution in [-0.2, 0) is 0 Å². The monoisotopic (exact) mass is 231 g/mol. The third kappa shape index (κ3) is 5.79. The summed E-state index contributed by atoms with van der Waals surface area (Å²) in [5.41, 5.74) is 0. The first kappa shape index (κ1) is 13.3. The average Bonchev–Trinajstić information content (AvgIpc) is 2.68. The summed E-state index contributed by atoms with van der Waals surface area (Å²) in [5.74, 6) is 3.29. The van der Waals surface area contributed by atoms with Crippen LogP contribution in [0.1, 0.15) is 39.5 Å². The van der Waals surface area contributed by atoms with Gasteiger partial charge < -0.3 is 10.4 Å². The minimum atomic E-state index is 0.260. The summed E-state index contributed by atoms with van der Waals surface area (Å²) >= 11 is 2.00. The van der Waals surface area contributed by atoms with Crippen molar-refractivity contribution < 1.29 is 5.11 Å². The van der Waals surface area contributed by atoms with Gasteiger partial charge in [-0.05, 0) is 24.5 Å². The number of hydrogen-bond donors (Lipinski definition) is 2. The first-order valence-corrected chi connectivity index (χ1v) is 7.32. The van der Waals surface area contributed by atoms with Crippen LogP contribution in [0.5, 0.6) is 0 Å². The molecule has 1 fully saturated rings. The van der Waals surface area contributed by atoms with Gasteiger partial charge in [-0.1, -0.05) is 26.7 Å². The molecule has 1 aliphatic rings. The predicted molar refractivity (Wildman–Crippen MR) is 68.4 cm³/mol. The lowest BCUT2D eigenvalue weighted by atomic mass is 10.1. The summed E-state index contributed by atoms with van der Waals surface area (Å²) in [4.78, 5) is 0. The topological polar surface area (TPSA) is 32.3 Å². The Kier molecular flexibility index (Phi) is 6.69. The van der Waals surface area contributed by atoms with Crippen molar-refractivity contribution in [2.24, 2.45) is 5.92 Å². The number of thioether (sulfide) groups is 1. The van der Waals surface area contributed by atoms with Crippen molar-refractivity contribution in [2.75, 3.05) is 18.1 Å². The van der Waals surface area contributed by atoms with Gasteiger partial charge in [-0.3, -0.25) is 0 Å². The Hall–Kier alpha value is 0.270. The summed E-state index contributed by atoms with van der Waals surface area (Å²) in [5, 5.41) is 12.6. The Morgan fingerprint density at radius 1 is 1.33 bits per heavy atom. The highest BCUT2D eigenvalue weighted by molar-refractivity contribution is 7.99.